The minimum absolute atomic E-state index is 0.288. The molecule has 17 heavy (non-hydrogen) atoms. The van der Waals surface area contributed by atoms with Gasteiger partial charge in [-0.1, -0.05) is 30.7 Å². The van der Waals surface area contributed by atoms with Crippen molar-refractivity contribution in [1.82, 2.24) is 4.90 Å². The fourth-order valence-electron chi connectivity index (χ4n) is 3.39. The molecule has 0 atom stereocenters. The molecule has 0 unspecified atom stereocenters. The number of nitrogens with zero attached hydrogens (tertiary/aromatic N) is 1. The molecule has 0 amide bonds. The zero-order valence-electron chi connectivity index (χ0n) is 11.3. The molecule has 1 nitrogen and oxygen atoms in total. The van der Waals surface area contributed by atoms with E-state index >= 15 is 0 Å². The Hall–Kier alpha value is -0.820. The monoisotopic (exact) mass is 229 g/mol. The highest BCUT2D eigenvalue weighted by Gasteiger charge is 2.45. The summed E-state index contributed by atoms with van der Waals surface area (Å²) in [6, 6.07) is 9.10. The number of hydrogen-bond donors (Lipinski definition) is 0. The van der Waals surface area contributed by atoms with E-state index in [2.05, 4.69) is 49.9 Å². The third-order valence-electron chi connectivity index (χ3n) is 4.70. The first-order valence-corrected chi connectivity index (χ1v) is 6.85. The lowest BCUT2D eigenvalue weighted by atomic mass is 9.61. The molecular formula is C16H23N. The lowest BCUT2D eigenvalue weighted by Gasteiger charge is -2.53. The van der Waals surface area contributed by atoms with E-state index in [-0.39, 0.29) is 5.54 Å². The Morgan fingerprint density at radius 3 is 2.41 bits per heavy atom. The summed E-state index contributed by atoms with van der Waals surface area (Å²) in [4.78, 5) is 2.66. The molecule has 1 aromatic rings. The van der Waals surface area contributed by atoms with Crippen LogP contribution in [0, 0.1) is 0 Å². The highest BCUT2D eigenvalue weighted by Crippen LogP contribution is 2.49. The zero-order valence-corrected chi connectivity index (χ0v) is 11.3. The molecule has 0 N–H and O–H groups in total. The number of benzene rings is 1. The topological polar surface area (TPSA) is 3.24 Å². The maximum atomic E-state index is 2.66. The highest BCUT2D eigenvalue weighted by molar-refractivity contribution is 5.39. The van der Waals surface area contributed by atoms with Crippen molar-refractivity contribution in [3.63, 3.8) is 0 Å². The van der Waals surface area contributed by atoms with Gasteiger partial charge in [0.15, 0.2) is 0 Å². The van der Waals surface area contributed by atoms with E-state index in [1.165, 1.54) is 25.8 Å². The Kier molecular flexibility index (Phi) is 2.38. The molecule has 0 bridgehead atoms. The minimum Gasteiger partial charge on any atom is -0.293 e. The van der Waals surface area contributed by atoms with Crippen LogP contribution in [0.2, 0.25) is 0 Å². The Morgan fingerprint density at radius 2 is 1.82 bits per heavy atom. The molecule has 1 heterocycles. The van der Waals surface area contributed by atoms with Crippen LogP contribution in [-0.4, -0.2) is 17.0 Å². The summed E-state index contributed by atoms with van der Waals surface area (Å²) in [5, 5.41) is 0. The third kappa shape index (κ3) is 1.72. The fraction of sp³-hybridized carbons (Fsp3) is 0.625. The Balaban J connectivity index is 2.02. The van der Waals surface area contributed by atoms with Gasteiger partial charge >= 0.3 is 0 Å². The van der Waals surface area contributed by atoms with Crippen molar-refractivity contribution in [2.75, 3.05) is 6.54 Å². The molecule has 1 aliphatic carbocycles. The van der Waals surface area contributed by atoms with Crippen LogP contribution < -0.4 is 0 Å². The maximum absolute atomic E-state index is 2.66. The van der Waals surface area contributed by atoms with Crippen molar-refractivity contribution in [3.05, 3.63) is 35.4 Å². The van der Waals surface area contributed by atoms with Crippen LogP contribution in [0.15, 0.2) is 24.3 Å². The summed E-state index contributed by atoms with van der Waals surface area (Å²) in [6.07, 6.45) is 4.18. The van der Waals surface area contributed by atoms with Crippen molar-refractivity contribution >= 4 is 0 Å². The summed E-state index contributed by atoms with van der Waals surface area (Å²) in [7, 11) is 0. The SMILES string of the molecule is CC(C)(C)N1Cc2ccccc2C2(CCC2)C1. The Morgan fingerprint density at radius 1 is 1.12 bits per heavy atom. The van der Waals surface area contributed by atoms with Crippen LogP contribution in [0.1, 0.15) is 51.2 Å². The Bertz CT molecular complexity index is 423. The normalized spacial score (nSPS) is 23.2. The molecule has 3 rings (SSSR count). The molecule has 1 heteroatoms. The van der Waals surface area contributed by atoms with E-state index in [1.807, 2.05) is 0 Å². The van der Waals surface area contributed by atoms with Crippen LogP contribution in [0.3, 0.4) is 0 Å². The van der Waals surface area contributed by atoms with Crippen molar-refractivity contribution in [3.8, 4) is 0 Å². The summed E-state index contributed by atoms with van der Waals surface area (Å²) < 4.78 is 0. The standard InChI is InChI=1S/C16H23N/c1-15(2,3)17-11-13-7-4-5-8-14(13)16(12-17)9-6-10-16/h4-5,7-8H,6,9-12H2,1-3H3. The first-order chi connectivity index (χ1) is 8.01. The van der Waals surface area contributed by atoms with Gasteiger partial charge in [-0.3, -0.25) is 4.90 Å². The van der Waals surface area contributed by atoms with Crippen molar-refractivity contribution in [2.45, 2.75) is 57.5 Å². The predicted molar refractivity (Wildman–Crippen MR) is 72.1 cm³/mol. The van der Waals surface area contributed by atoms with Crippen LogP contribution in [-0.2, 0) is 12.0 Å². The second kappa shape index (κ2) is 3.58. The van der Waals surface area contributed by atoms with E-state index in [0.29, 0.717) is 5.41 Å². The van der Waals surface area contributed by atoms with Gasteiger partial charge in [0.25, 0.3) is 0 Å². The largest absolute Gasteiger partial charge is 0.293 e. The van der Waals surface area contributed by atoms with Gasteiger partial charge in [-0.15, -0.1) is 0 Å². The van der Waals surface area contributed by atoms with Crippen molar-refractivity contribution < 1.29 is 0 Å². The summed E-state index contributed by atoms with van der Waals surface area (Å²) in [5.41, 5.74) is 3.98. The number of rotatable bonds is 0. The molecular weight excluding hydrogens is 206 g/mol. The average molecular weight is 229 g/mol. The molecule has 0 aromatic heterocycles. The molecule has 1 saturated carbocycles. The van der Waals surface area contributed by atoms with Crippen molar-refractivity contribution in [1.29, 1.82) is 0 Å². The van der Waals surface area contributed by atoms with Crippen LogP contribution >= 0.6 is 0 Å². The molecule has 1 aromatic carbocycles. The average Bonchev–Trinajstić information content (AvgIpc) is 2.24. The summed E-state index contributed by atoms with van der Waals surface area (Å²) >= 11 is 0. The van der Waals surface area contributed by atoms with Crippen LogP contribution in [0.25, 0.3) is 0 Å². The van der Waals surface area contributed by atoms with Gasteiger partial charge in [-0.2, -0.15) is 0 Å². The molecule has 92 valence electrons. The lowest BCUT2D eigenvalue weighted by molar-refractivity contribution is 0.0455. The van der Waals surface area contributed by atoms with Crippen molar-refractivity contribution in [2.24, 2.45) is 0 Å². The molecule has 1 fully saturated rings. The van der Waals surface area contributed by atoms with E-state index in [0.717, 1.165) is 6.54 Å². The van der Waals surface area contributed by atoms with E-state index in [1.54, 1.807) is 11.1 Å². The van der Waals surface area contributed by atoms with Gasteiger partial charge in [0.05, 0.1) is 0 Å². The summed E-state index contributed by atoms with van der Waals surface area (Å²) in [5.74, 6) is 0. The molecule has 1 spiro atoms. The fourth-order valence-corrected chi connectivity index (χ4v) is 3.39. The van der Waals surface area contributed by atoms with Gasteiger partial charge < -0.3 is 0 Å². The van der Waals surface area contributed by atoms with E-state index in [4.69, 9.17) is 0 Å². The minimum atomic E-state index is 0.288. The van der Waals surface area contributed by atoms with Gasteiger partial charge in [0, 0.05) is 24.0 Å². The highest BCUT2D eigenvalue weighted by atomic mass is 15.2. The zero-order chi connectivity index (χ0) is 12.1. The second-order valence-corrected chi connectivity index (χ2v) is 6.82. The van der Waals surface area contributed by atoms with Gasteiger partial charge in [0.1, 0.15) is 0 Å². The molecule has 0 saturated heterocycles. The molecule has 0 radical (unpaired) electrons. The number of fused-ring (bicyclic) bond motifs is 2. The van der Waals surface area contributed by atoms with E-state index in [9.17, 15) is 0 Å². The summed E-state index contributed by atoms with van der Waals surface area (Å²) in [6.45, 7) is 9.41. The van der Waals surface area contributed by atoms with Gasteiger partial charge in [-0.05, 0) is 44.7 Å². The number of hydrogen-bond acceptors (Lipinski definition) is 1. The smallest absolute Gasteiger partial charge is 0.0242 e. The van der Waals surface area contributed by atoms with Crippen LogP contribution in [0.5, 0.6) is 0 Å². The van der Waals surface area contributed by atoms with Gasteiger partial charge in [-0.25, -0.2) is 0 Å². The first kappa shape index (κ1) is 11.3. The van der Waals surface area contributed by atoms with E-state index < -0.39 is 0 Å². The quantitative estimate of drug-likeness (QED) is 0.655. The second-order valence-electron chi connectivity index (χ2n) is 6.82. The van der Waals surface area contributed by atoms with Gasteiger partial charge in [0.2, 0.25) is 0 Å². The maximum Gasteiger partial charge on any atom is 0.0242 e. The molecule has 1 aliphatic heterocycles. The third-order valence-corrected chi connectivity index (χ3v) is 4.70. The predicted octanol–water partition coefficient (Wildman–Crippen LogP) is 3.72. The lowest BCUT2D eigenvalue weighted by Crippen LogP contribution is -2.55. The molecule has 2 aliphatic rings. The van der Waals surface area contributed by atoms with Crippen LogP contribution in [0.4, 0.5) is 0 Å². The Labute approximate surface area is 105 Å². The first-order valence-electron chi connectivity index (χ1n) is 6.85.